The molecule has 114 valence electrons. The van der Waals surface area contributed by atoms with Crippen LogP contribution in [0.25, 0.3) is 11.3 Å². The standard InChI is InChI=1S/C17H19N3O2/c1-20-6-5-12(11-20)7-15-3-2-4-16(19-15)13-8-14(17(21)22)10-18-9-13/h2-4,8-10,12H,5-7,11H2,1H3,(H,21,22). The largest absolute Gasteiger partial charge is 0.478 e. The maximum Gasteiger partial charge on any atom is 0.337 e. The zero-order valence-electron chi connectivity index (χ0n) is 12.6. The predicted molar refractivity (Wildman–Crippen MR) is 83.7 cm³/mol. The van der Waals surface area contributed by atoms with E-state index < -0.39 is 5.97 Å². The molecule has 0 radical (unpaired) electrons. The second-order valence-electron chi connectivity index (χ2n) is 5.90. The van der Waals surface area contributed by atoms with Gasteiger partial charge in [-0.3, -0.25) is 9.97 Å². The Hall–Kier alpha value is -2.27. The lowest BCUT2D eigenvalue weighted by Crippen LogP contribution is -2.15. The molecule has 5 heteroatoms. The highest BCUT2D eigenvalue weighted by Gasteiger charge is 2.20. The van der Waals surface area contributed by atoms with Gasteiger partial charge in [-0.05, 0) is 50.6 Å². The summed E-state index contributed by atoms with van der Waals surface area (Å²) in [6, 6.07) is 7.53. The molecule has 1 aliphatic rings. The Balaban J connectivity index is 1.81. The number of carboxylic acid groups (broad SMARTS) is 1. The van der Waals surface area contributed by atoms with Gasteiger partial charge >= 0.3 is 5.97 Å². The zero-order valence-corrected chi connectivity index (χ0v) is 12.6. The van der Waals surface area contributed by atoms with E-state index in [0.29, 0.717) is 5.92 Å². The van der Waals surface area contributed by atoms with Crippen LogP contribution in [-0.2, 0) is 6.42 Å². The number of hydrogen-bond donors (Lipinski definition) is 1. The van der Waals surface area contributed by atoms with Crippen molar-refractivity contribution in [2.45, 2.75) is 12.8 Å². The topological polar surface area (TPSA) is 66.3 Å². The van der Waals surface area contributed by atoms with Crippen molar-refractivity contribution in [3.8, 4) is 11.3 Å². The van der Waals surface area contributed by atoms with Gasteiger partial charge in [0.2, 0.25) is 0 Å². The predicted octanol–water partition coefficient (Wildman–Crippen LogP) is 2.34. The smallest absolute Gasteiger partial charge is 0.337 e. The van der Waals surface area contributed by atoms with Crippen molar-refractivity contribution in [3.05, 3.63) is 47.9 Å². The molecule has 0 amide bonds. The monoisotopic (exact) mass is 297 g/mol. The van der Waals surface area contributed by atoms with Crippen LogP contribution >= 0.6 is 0 Å². The summed E-state index contributed by atoms with van der Waals surface area (Å²) < 4.78 is 0. The van der Waals surface area contributed by atoms with Gasteiger partial charge in [-0.1, -0.05) is 6.07 Å². The van der Waals surface area contributed by atoms with Crippen LogP contribution in [-0.4, -0.2) is 46.1 Å². The quantitative estimate of drug-likeness (QED) is 0.938. The maximum absolute atomic E-state index is 11.0. The van der Waals surface area contributed by atoms with Crippen LogP contribution in [0.2, 0.25) is 0 Å². The average molecular weight is 297 g/mol. The van der Waals surface area contributed by atoms with E-state index in [9.17, 15) is 4.79 Å². The third-order valence-electron chi connectivity index (χ3n) is 4.07. The number of likely N-dealkylation sites (tertiary alicyclic amines) is 1. The lowest BCUT2D eigenvalue weighted by molar-refractivity contribution is 0.0696. The van der Waals surface area contributed by atoms with Crippen LogP contribution < -0.4 is 0 Å². The molecule has 2 aromatic heterocycles. The first-order chi connectivity index (χ1) is 10.6. The van der Waals surface area contributed by atoms with Crippen molar-refractivity contribution in [3.63, 3.8) is 0 Å². The molecular weight excluding hydrogens is 278 g/mol. The second-order valence-corrected chi connectivity index (χ2v) is 5.90. The first-order valence-electron chi connectivity index (χ1n) is 7.45. The van der Waals surface area contributed by atoms with Crippen LogP contribution in [0.3, 0.4) is 0 Å². The lowest BCUT2D eigenvalue weighted by atomic mass is 10.0. The van der Waals surface area contributed by atoms with E-state index >= 15 is 0 Å². The Morgan fingerprint density at radius 1 is 1.41 bits per heavy atom. The summed E-state index contributed by atoms with van der Waals surface area (Å²) in [7, 11) is 2.15. The molecule has 1 unspecified atom stereocenters. The summed E-state index contributed by atoms with van der Waals surface area (Å²) in [5, 5.41) is 9.06. The number of pyridine rings is 2. The SMILES string of the molecule is CN1CCC(Cc2cccc(-c3cncc(C(=O)O)c3)n2)C1. The molecule has 3 heterocycles. The fraction of sp³-hybridized carbons (Fsp3) is 0.353. The van der Waals surface area contributed by atoms with Crippen molar-refractivity contribution < 1.29 is 9.90 Å². The second kappa shape index (κ2) is 6.23. The Morgan fingerprint density at radius 3 is 3.00 bits per heavy atom. The molecule has 2 aromatic rings. The van der Waals surface area contributed by atoms with Crippen LogP contribution in [0, 0.1) is 5.92 Å². The van der Waals surface area contributed by atoms with Gasteiger partial charge in [0.1, 0.15) is 0 Å². The third-order valence-corrected chi connectivity index (χ3v) is 4.07. The fourth-order valence-electron chi connectivity index (χ4n) is 2.94. The van der Waals surface area contributed by atoms with Crippen molar-refractivity contribution in [1.29, 1.82) is 0 Å². The fourth-order valence-corrected chi connectivity index (χ4v) is 2.94. The first-order valence-corrected chi connectivity index (χ1v) is 7.45. The lowest BCUT2D eigenvalue weighted by Gasteiger charge is -2.11. The minimum Gasteiger partial charge on any atom is -0.478 e. The van der Waals surface area contributed by atoms with Crippen molar-refractivity contribution >= 4 is 5.97 Å². The number of carboxylic acids is 1. The van der Waals surface area contributed by atoms with E-state index in [2.05, 4.69) is 21.9 Å². The van der Waals surface area contributed by atoms with Crippen molar-refractivity contribution in [2.75, 3.05) is 20.1 Å². The third kappa shape index (κ3) is 3.31. The highest BCUT2D eigenvalue weighted by atomic mass is 16.4. The van der Waals surface area contributed by atoms with Gasteiger partial charge in [-0.2, -0.15) is 0 Å². The van der Waals surface area contributed by atoms with Crippen LogP contribution in [0.1, 0.15) is 22.5 Å². The molecule has 0 bridgehead atoms. The van der Waals surface area contributed by atoms with E-state index in [-0.39, 0.29) is 5.56 Å². The summed E-state index contributed by atoms with van der Waals surface area (Å²) in [4.78, 5) is 22.1. The summed E-state index contributed by atoms with van der Waals surface area (Å²) in [5.74, 6) is -0.323. The van der Waals surface area contributed by atoms with Gasteiger partial charge in [-0.15, -0.1) is 0 Å². The number of carbonyl (C=O) groups is 1. The van der Waals surface area contributed by atoms with E-state index in [0.717, 1.165) is 36.5 Å². The van der Waals surface area contributed by atoms with Gasteiger partial charge in [-0.25, -0.2) is 4.79 Å². The number of aromatic nitrogens is 2. The van der Waals surface area contributed by atoms with Gasteiger partial charge in [0, 0.05) is 30.2 Å². The Bertz CT molecular complexity index is 687. The van der Waals surface area contributed by atoms with Gasteiger partial charge < -0.3 is 10.0 Å². The summed E-state index contributed by atoms with van der Waals surface area (Å²) >= 11 is 0. The Labute approximate surface area is 129 Å². The zero-order chi connectivity index (χ0) is 15.5. The average Bonchev–Trinajstić information content (AvgIpc) is 2.93. The number of rotatable bonds is 4. The van der Waals surface area contributed by atoms with Crippen LogP contribution in [0.15, 0.2) is 36.7 Å². The van der Waals surface area contributed by atoms with Gasteiger partial charge in [0.25, 0.3) is 0 Å². The molecule has 1 saturated heterocycles. The van der Waals surface area contributed by atoms with Crippen molar-refractivity contribution in [1.82, 2.24) is 14.9 Å². The molecule has 1 aliphatic heterocycles. The molecule has 0 aromatic carbocycles. The number of hydrogen-bond acceptors (Lipinski definition) is 4. The molecule has 1 fully saturated rings. The maximum atomic E-state index is 11.0. The Kier molecular flexibility index (Phi) is 4.15. The molecule has 0 spiro atoms. The van der Waals surface area contributed by atoms with Crippen LogP contribution in [0.5, 0.6) is 0 Å². The summed E-state index contributed by atoms with van der Waals surface area (Å²) in [6.45, 7) is 2.26. The van der Waals surface area contributed by atoms with E-state index in [1.807, 2.05) is 18.2 Å². The highest BCUT2D eigenvalue weighted by Crippen LogP contribution is 2.22. The number of nitrogens with zero attached hydrogens (tertiary/aromatic N) is 3. The molecule has 1 atom stereocenters. The molecule has 0 aliphatic carbocycles. The minimum atomic E-state index is -0.973. The molecule has 3 rings (SSSR count). The van der Waals surface area contributed by atoms with E-state index in [1.165, 1.54) is 12.6 Å². The highest BCUT2D eigenvalue weighted by molar-refractivity contribution is 5.88. The van der Waals surface area contributed by atoms with Crippen LogP contribution in [0.4, 0.5) is 0 Å². The molecule has 5 nitrogen and oxygen atoms in total. The van der Waals surface area contributed by atoms with E-state index in [4.69, 9.17) is 5.11 Å². The Morgan fingerprint density at radius 2 is 2.27 bits per heavy atom. The first kappa shape index (κ1) is 14.7. The van der Waals surface area contributed by atoms with Gasteiger partial charge in [0.15, 0.2) is 0 Å². The minimum absolute atomic E-state index is 0.183. The summed E-state index contributed by atoms with van der Waals surface area (Å²) in [6.07, 6.45) is 5.18. The molecule has 1 N–H and O–H groups in total. The molecule has 22 heavy (non-hydrogen) atoms. The number of aromatic carboxylic acids is 1. The normalized spacial score (nSPS) is 18.5. The molecular formula is C17H19N3O2. The van der Waals surface area contributed by atoms with Gasteiger partial charge in [0.05, 0.1) is 11.3 Å². The van der Waals surface area contributed by atoms with Crippen molar-refractivity contribution in [2.24, 2.45) is 5.92 Å². The van der Waals surface area contributed by atoms with E-state index in [1.54, 1.807) is 12.3 Å². The summed E-state index contributed by atoms with van der Waals surface area (Å²) in [5.41, 5.74) is 2.75. The molecule has 0 saturated carbocycles.